The maximum Gasteiger partial charge on any atom is 0.410 e. The third-order valence-electron chi connectivity index (χ3n) is 8.19. The van der Waals surface area contributed by atoms with Crippen LogP contribution >= 0.6 is 22.6 Å². The van der Waals surface area contributed by atoms with Crippen molar-refractivity contribution in [1.29, 1.82) is 0 Å². The van der Waals surface area contributed by atoms with E-state index < -0.39 is 5.60 Å². The number of nitrogens with zero attached hydrogens (tertiary/aromatic N) is 4. The molecule has 1 N–H and O–H groups in total. The second kappa shape index (κ2) is 14.3. The number of anilines is 1. The monoisotopic (exact) mass is 761 g/mol. The van der Waals surface area contributed by atoms with Crippen molar-refractivity contribution in [2.24, 2.45) is 0 Å². The smallest absolute Gasteiger partial charge is 0.410 e. The second-order valence-corrected chi connectivity index (χ2v) is 13.8. The summed E-state index contributed by atoms with van der Waals surface area (Å²) >= 11 is 2.35. The molecule has 2 aromatic heterocycles. The number of ether oxygens (including phenoxy) is 4. The Balaban J connectivity index is 1.35. The van der Waals surface area contributed by atoms with Gasteiger partial charge in [0.15, 0.2) is 0 Å². The van der Waals surface area contributed by atoms with Gasteiger partial charge in [0.1, 0.15) is 40.1 Å². The number of rotatable bonds is 9. The Bertz CT molecular complexity index is 1880. The number of carbonyl (C=O) groups is 1. The Morgan fingerprint density at radius 2 is 1.62 bits per heavy atom. The molecule has 11 heteroatoms. The lowest BCUT2D eigenvalue weighted by molar-refractivity contribution is 0.0186. The van der Waals surface area contributed by atoms with Crippen molar-refractivity contribution in [3.63, 3.8) is 0 Å². The molecule has 1 aliphatic heterocycles. The predicted molar refractivity (Wildman–Crippen MR) is 195 cm³/mol. The van der Waals surface area contributed by atoms with Crippen molar-refractivity contribution in [3.05, 3.63) is 88.1 Å². The van der Waals surface area contributed by atoms with Crippen LogP contribution in [0.15, 0.2) is 79.0 Å². The highest BCUT2D eigenvalue weighted by atomic mass is 127. The molecule has 5 aromatic rings. The zero-order valence-corrected chi connectivity index (χ0v) is 30.0. The van der Waals surface area contributed by atoms with E-state index in [0.717, 1.165) is 73.0 Å². The van der Waals surface area contributed by atoms with Crippen LogP contribution in [0.3, 0.4) is 0 Å². The van der Waals surface area contributed by atoms with Gasteiger partial charge in [-0.15, -0.1) is 0 Å². The van der Waals surface area contributed by atoms with E-state index in [1.165, 1.54) is 0 Å². The normalized spacial score (nSPS) is 13.8. The number of likely N-dealkylation sites (tertiary alicyclic amines) is 1. The summed E-state index contributed by atoms with van der Waals surface area (Å²) in [6.45, 7) is 7.33. The lowest BCUT2D eigenvalue weighted by atomic mass is 10.0. The quantitative estimate of drug-likeness (QED) is 0.149. The first-order chi connectivity index (χ1) is 23.1. The van der Waals surface area contributed by atoms with Crippen molar-refractivity contribution in [1.82, 2.24) is 19.7 Å². The molecule has 1 aliphatic rings. The number of fused-ring (bicyclic) bond motifs is 1. The molecule has 10 nitrogen and oxygen atoms in total. The highest BCUT2D eigenvalue weighted by Gasteiger charge is 2.30. The number of nitrogens with one attached hydrogen (secondary N) is 1. The highest BCUT2D eigenvalue weighted by Crippen LogP contribution is 2.39. The number of methoxy groups -OCH3 is 2. The van der Waals surface area contributed by atoms with E-state index in [-0.39, 0.29) is 12.1 Å². The molecule has 0 bridgehead atoms. The number of amides is 1. The van der Waals surface area contributed by atoms with Crippen molar-refractivity contribution in [3.8, 4) is 34.3 Å². The van der Waals surface area contributed by atoms with Crippen LogP contribution in [0, 0.1) is 3.57 Å². The first-order valence-corrected chi connectivity index (χ1v) is 17.0. The summed E-state index contributed by atoms with van der Waals surface area (Å²) in [5, 5.41) is 9.78. The van der Waals surface area contributed by atoms with Gasteiger partial charge in [-0.25, -0.2) is 9.78 Å². The molecular formula is C37H40IN5O5. The molecule has 3 heterocycles. The molecule has 3 aromatic carbocycles. The molecule has 0 spiro atoms. The van der Waals surface area contributed by atoms with Gasteiger partial charge in [0.05, 0.1) is 34.7 Å². The molecule has 1 fully saturated rings. The van der Waals surface area contributed by atoms with E-state index in [4.69, 9.17) is 29.0 Å². The molecule has 0 unspecified atom stereocenters. The molecule has 1 saturated heterocycles. The summed E-state index contributed by atoms with van der Waals surface area (Å²) in [6, 6.07) is 23.6. The fourth-order valence-corrected chi connectivity index (χ4v) is 6.49. The van der Waals surface area contributed by atoms with Crippen molar-refractivity contribution in [2.45, 2.75) is 51.8 Å². The lowest BCUT2D eigenvalue weighted by Gasteiger charge is -2.33. The van der Waals surface area contributed by atoms with Crippen LogP contribution in [0.2, 0.25) is 0 Å². The van der Waals surface area contributed by atoms with E-state index in [0.29, 0.717) is 19.6 Å². The van der Waals surface area contributed by atoms with Gasteiger partial charge in [-0.2, -0.15) is 5.10 Å². The number of pyridine rings is 1. The fraction of sp³-hybridized carbons (Fsp3) is 0.324. The van der Waals surface area contributed by atoms with Crippen LogP contribution in [-0.4, -0.2) is 58.7 Å². The summed E-state index contributed by atoms with van der Waals surface area (Å²) < 4.78 is 25.9. The van der Waals surface area contributed by atoms with E-state index in [2.05, 4.69) is 32.6 Å². The lowest BCUT2D eigenvalue weighted by Crippen LogP contribution is -2.42. The van der Waals surface area contributed by atoms with Gasteiger partial charge in [0, 0.05) is 43.0 Å². The van der Waals surface area contributed by atoms with Gasteiger partial charge in [-0.05, 0) is 105 Å². The van der Waals surface area contributed by atoms with Crippen LogP contribution in [0.25, 0.3) is 22.2 Å². The summed E-state index contributed by atoms with van der Waals surface area (Å²) in [5.41, 5.74) is 3.20. The molecule has 0 atom stereocenters. The first-order valence-electron chi connectivity index (χ1n) is 16.0. The zero-order chi connectivity index (χ0) is 33.8. The minimum absolute atomic E-state index is 0.0890. The average molecular weight is 762 g/mol. The number of carbonyl (C=O) groups excluding carboxylic acids is 1. The number of para-hydroxylation sites is 1. The molecule has 0 aliphatic carbocycles. The number of hydrogen-bond donors (Lipinski definition) is 1. The molecule has 48 heavy (non-hydrogen) atoms. The maximum absolute atomic E-state index is 12.8. The number of piperidine rings is 1. The van der Waals surface area contributed by atoms with Crippen molar-refractivity contribution in [2.75, 3.05) is 32.6 Å². The van der Waals surface area contributed by atoms with Crippen molar-refractivity contribution < 1.29 is 23.7 Å². The van der Waals surface area contributed by atoms with Crippen LogP contribution in [0.4, 0.5) is 10.6 Å². The highest BCUT2D eigenvalue weighted by molar-refractivity contribution is 14.1. The Hall–Kier alpha value is -4.52. The fourth-order valence-electron chi connectivity index (χ4n) is 5.84. The Labute approximate surface area is 294 Å². The molecule has 250 valence electrons. The second-order valence-electron chi connectivity index (χ2n) is 12.6. The average Bonchev–Trinajstić information content (AvgIpc) is 3.50. The van der Waals surface area contributed by atoms with Gasteiger partial charge in [-0.1, -0.05) is 18.2 Å². The Morgan fingerprint density at radius 1 is 0.938 bits per heavy atom. The zero-order valence-electron chi connectivity index (χ0n) is 27.8. The van der Waals surface area contributed by atoms with E-state index in [1.54, 1.807) is 19.1 Å². The SMILES string of the molecule is COc1ccc(CNc2ncc(I)c3c2c(-c2ccc(Oc4ccccc4)cc2)nn3C2CCN(C(=O)OC(C)(C)C)CC2)c(OC)c1. The minimum atomic E-state index is -0.537. The number of aromatic nitrogens is 3. The third-order valence-corrected chi connectivity index (χ3v) is 8.98. The first kappa shape index (κ1) is 33.4. The molecule has 0 saturated carbocycles. The van der Waals surface area contributed by atoms with E-state index in [9.17, 15) is 4.79 Å². The summed E-state index contributed by atoms with van der Waals surface area (Å²) in [7, 11) is 3.29. The predicted octanol–water partition coefficient (Wildman–Crippen LogP) is 8.70. The largest absolute Gasteiger partial charge is 0.497 e. The maximum atomic E-state index is 12.8. The molecule has 1 amide bonds. The third kappa shape index (κ3) is 7.46. The van der Waals surface area contributed by atoms with Gasteiger partial charge in [0.2, 0.25) is 0 Å². The van der Waals surface area contributed by atoms with Gasteiger partial charge in [0.25, 0.3) is 0 Å². The van der Waals surface area contributed by atoms with Crippen LogP contribution in [-0.2, 0) is 11.3 Å². The van der Waals surface area contributed by atoms with Gasteiger partial charge >= 0.3 is 6.09 Å². The number of hydrogen-bond acceptors (Lipinski definition) is 8. The number of halogens is 1. The molecule has 0 radical (unpaired) electrons. The van der Waals surface area contributed by atoms with E-state index in [1.807, 2.05) is 99.8 Å². The standard InChI is InChI=1S/C37H40IN5O5/c1-37(2,3)48-36(44)42-19-17-26(18-20-42)43-34-30(38)23-40-35(39-22-25-13-16-29(45-4)21-31(25)46-5)32(34)33(41-43)24-11-14-28(15-12-24)47-27-9-7-6-8-10-27/h6-16,21,23,26H,17-20,22H2,1-5H3,(H,39,40). The Morgan fingerprint density at radius 3 is 2.29 bits per heavy atom. The van der Waals surface area contributed by atoms with Crippen molar-refractivity contribution >= 4 is 45.4 Å². The summed E-state index contributed by atoms with van der Waals surface area (Å²) in [6.07, 6.45) is 3.11. The van der Waals surface area contributed by atoms with Crippen LogP contribution in [0.5, 0.6) is 23.0 Å². The van der Waals surface area contributed by atoms with Gasteiger partial charge < -0.3 is 29.2 Å². The summed E-state index contributed by atoms with van der Waals surface area (Å²) in [5.74, 6) is 3.69. The molecule has 6 rings (SSSR count). The topological polar surface area (TPSA) is 100.0 Å². The summed E-state index contributed by atoms with van der Waals surface area (Å²) in [4.78, 5) is 19.5. The van der Waals surface area contributed by atoms with Gasteiger partial charge in [-0.3, -0.25) is 4.68 Å². The molecular weight excluding hydrogens is 721 g/mol. The Kier molecular flexibility index (Phi) is 9.95. The number of benzene rings is 3. The minimum Gasteiger partial charge on any atom is -0.497 e. The van der Waals surface area contributed by atoms with Crippen LogP contribution in [0.1, 0.15) is 45.2 Å². The van der Waals surface area contributed by atoms with Crippen LogP contribution < -0.4 is 19.5 Å². The van der Waals surface area contributed by atoms with E-state index >= 15 is 0 Å².